The topological polar surface area (TPSA) is 0 Å². The summed E-state index contributed by atoms with van der Waals surface area (Å²) >= 11 is 0.443. The Morgan fingerprint density at radius 3 is 1.18 bits per heavy atom. The quantitative estimate of drug-likeness (QED) is 0.668. The second-order valence-electron chi connectivity index (χ2n) is 5.72. The molecular formula is C8H22GeSi2. The van der Waals surface area contributed by atoms with Crippen LogP contribution in [-0.2, 0) is 0 Å². The van der Waals surface area contributed by atoms with Gasteiger partial charge < -0.3 is 0 Å². The zero-order valence-electron chi connectivity index (χ0n) is 8.91. The number of hydrogen-bond donors (Lipinski definition) is 0. The molecule has 0 spiro atoms. The fourth-order valence-corrected chi connectivity index (χ4v) is 14.6. The van der Waals surface area contributed by atoms with Crippen LogP contribution in [0.3, 0.4) is 0 Å². The van der Waals surface area contributed by atoms with Crippen molar-refractivity contribution >= 4 is 31.6 Å². The average molecular weight is 247 g/mol. The Kier molecular flexibility index (Phi) is 4.66. The molecule has 11 heavy (non-hydrogen) atoms. The van der Waals surface area contributed by atoms with Crippen LogP contribution < -0.4 is 0 Å². The molecule has 0 aliphatic rings. The minimum atomic E-state index is -0.679. The van der Waals surface area contributed by atoms with Crippen molar-refractivity contribution in [1.29, 1.82) is 0 Å². The molecule has 0 aromatic heterocycles. The van der Waals surface area contributed by atoms with Gasteiger partial charge in [0.2, 0.25) is 0 Å². The fourth-order valence-electron chi connectivity index (χ4n) is 0.812. The molecule has 0 nitrogen and oxygen atoms in total. The molecule has 3 heteroatoms. The summed E-state index contributed by atoms with van der Waals surface area (Å²) in [4.78, 5) is 3.30. The molecule has 0 aliphatic carbocycles. The van der Waals surface area contributed by atoms with E-state index in [1.165, 1.54) is 0 Å². The molecule has 0 aliphatic heterocycles. The number of hydrogen-bond acceptors (Lipinski definition) is 0. The molecule has 0 bridgehead atoms. The molecule has 0 fully saturated rings. The molecule has 0 atom stereocenters. The van der Waals surface area contributed by atoms with E-state index in [0.29, 0.717) is 15.4 Å². The maximum atomic E-state index is 2.50. The Morgan fingerprint density at radius 1 is 0.727 bits per heavy atom. The summed E-state index contributed by atoms with van der Waals surface area (Å²) in [6, 6.07) is 0. The van der Waals surface area contributed by atoms with Crippen molar-refractivity contribution in [3.63, 3.8) is 0 Å². The van der Waals surface area contributed by atoms with Crippen LogP contribution in [0.15, 0.2) is 0 Å². The maximum absolute atomic E-state index is 2.50. The van der Waals surface area contributed by atoms with Gasteiger partial charge in [0.05, 0.1) is 0 Å². The van der Waals surface area contributed by atoms with Crippen LogP contribution in [0.1, 0.15) is 0 Å². The van der Waals surface area contributed by atoms with Crippen LogP contribution in [0, 0.1) is 0 Å². The van der Waals surface area contributed by atoms with Crippen LogP contribution in [0.5, 0.6) is 0 Å². The van der Waals surface area contributed by atoms with E-state index in [2.05, 4.69) is 39.3 Å². The average Bonchev–Trinajstić information content (AvgIpc) is 1.55. The Hall–Kier alpha value is 0.977. The molecule has 0 N–H and O–H groups in total. The van der Waals surface area contributed by atoms with Gasteiger partial charge in [-0.15, -0.1) is 0 Å². The fraction of sp³-hybridized carbons (Fsp3) is 1.00. The van der Waals surface area contributed by atoms with Gasteiger partial charge in [0.1, 0.15) is 0 Å². The van der Waals surface area contributed by atoms with E-state index in [1.807, 2.05) is 0 Å². The Balaban J connectivity index is 3.44. The van der Waals surface area contributed by atoms with Gasteiger partial charge in [-0.05, 0) is 0 Å². The Bertz CT molecular complexity index is 96.2. The molecular weight excluding hydrogens is 225 g/mol. The van der Waals surface area contributed by atoms with Crippen molar-refractivity contribution in [2.24, 2.45) is 0 Å². The normalized spacial score (nSPS) is 13.6. The summed E-state index contributed by atoms with van der Waals surface area (Å²) in [5.74, 6) is 0. The predicted octanol–water partition coefficient (Wildman–Crippen LogP) is 3.28. The van der Waals surface area contributed by atoms with Gasteiger partial charge in [0.25, 0.3) is 0 Å². The van der Waals surface area contributed by atoms with E-state index in [-0.39, 0.29) is 0 Å². The third-order valence-electron chi connectivity index (χ3n) is 1.31. The third kappa shape index (κ3) is 11.0. The summed E-state index contributed by atoms with van der Waals surface area (Å²) in [6.07, 6.45) is 0. The van der Waals surface area contributed by atoms with Crippen LogP contribution in [0.25, 0.3) is 0 Å². The van der Waals surface area contributed by atoms with Crippen molar-refractivity contribution in [2.75, 3.05) is 0 Å². The first kappa shape index (κ1) is 12.0. The van der Waals surface area contributed by atoms with Crippen molar-refractivity contribution < 1.29 is 0 Å². The van der Waals surface area contributed by atoms with Gasteiger partial charge in [-0.1, -0.05) is 0 Å². The molecule has 0 saturated heterocycles. The van der Waals surface area contributed by atoms with Gasteiger partial charge in [0, 0.05) is 0 Å². The molecule has 0 aromatic carbocycles. The molecule has 66 valence electrons. The predicted molar refractivity (Wildman–Crippen MR) is 62.1 cm³/mol. The van der Waals surface area contributed by atoms with E-state index in [9.17, 15) is 0 Å². The van der Waals surface area contributed by atoms with Gasteiger partial charge >= 0.3 is 80.6 Å². The van der Waals surface area contributed by atoms with Crippen LogP contribution >= 0.6 is 0 Å². The van der Waals surface area contributed by atoms with Crippen molar-refractivity contribution in [3.8, 4) is 0 Å². The Labute approximate surface area is 80.7 Å². The summed E-state index contributed by atoms with van der Waals surface area (Å²) < 4.78 is 0. The first-order valence-electron chi connectivity index (χ1n) is 4.41. The first-order valence-corrected chi connectivity index (χ1v) is 14.8. The summed E-state index contributed by atoms with van der Waals surface area (Å²) in [5, 5.41) is 0. The molecule has 0 unspecified atom stereocenters. The number of rotatable bonds is 4. The second-order valence-corrected chi connectivity index (χ2v) is 22.2. The van der Waals surface area contributed by atoms with E-state index in [1.54, 1.807) is 9.75 Å². The van der Waals surface area contributed by atoms with Crippen molar-refractivity contribution in [2.45, 2.75) is 49.0 Å². The molecule has 0 amide bonds. The SMILES string of the molecule is C[Si](C)(C)[CH2][Ge][CH2][Si](C)(C)C. The van der Waals surface area contributed by atoms with Crippen molar-refractivity contribution in [3.05, 3.63) is 0 Å². The third-order valence-corrected chi connectivity index (χ3v) is 20.4. The second kappa shape index (κ2) is 4.28. The van der Waals surface area contributed by atoms with Crippen LogP contribution in [0.4, 0.5) is 0 Å². The van der Waals surface area contributed by atoms with E-state index >= 15 is 0 Å². The molecule has 0 saturated carbocycles. The van der Waals surface area contributed by atoms with Gasteiger partial charge in [0.15, 0.2) is 0 Å². The standard InChI is InChI=1S/C8H22GeSi2/c1-10(2,3)7-9-8-11(4,5)6/h7-8H2,1-6H3. The van der Waals surface area contributed by atoms with Gasteiger partial charge in [-0.2, -0.15) is 0 Å². The summed E-state index contributed by atoms with van der Waals surface area (Å²) in [7, 11) is -1.36. The Morgan fingerprint density at radius 2 is 1.00 bits per heavy atom. The monoisotopic (exact) mass is 248 g/mol. The molecule has 0 rings (SSSR count). The summed E-state index contributed by atoms with van der Waals surface area (Å²) in [5.41, 5.74) is 0. The van der Waals surface area contributed by atoms with E-state index in [4.69, 9.17) is 0 Å². The van der Waals surface area contributed by atoms with Crippen molar-refractivity contribution in [1.82, 2.24) is 0 Å². The van der Waals surface area contributed by atoms with Gasteiger partial charge in [-0.25, -0.2) is 0 Å². The van der Waals surface area contributed by atoms with Crippen LogP contribution in [0.2, 0.25) is 49.0 Å². The zero-order chi connectivity index (χ0) is 9.12. The molecule has 2 radical (unpaired) electrons. The van der Waals surface area contributed by atoms with Crippen LogP contribution in [-0.4, -0.2) is 31.6 Å². The minimum absolute atomic E-state index is 0.443. The first-order chi connectivity index (χ1) is 4.71. The van der Waals surface area contributed by atoms with E-state index < -0.39 is 16.1 Å². The molecule has 0 aromatic rings. The van der Waals surface area contributed by atoms with Gasteiger partial charge in [-0.3, -0.25) is 0 Å². The molecule has 0 heterocycles. The van der Waals surface area contributed by atoms with E-state index in [0.717, 1.165) is 0 Å². The summed E-state index contributed by atoms with van der Waals surface area (Å²) in [6.45, 7) is 15.0. The zero-order valence-corrected chi connectivity index (χ0v) is 13.0.